The largest absolute Gasteiger partial charge is 0.341 e. The third kappa shape index (κ3) is 2.99. The first-order valence-corrected chi connectivity index (χ1v) is 8.92. The highest BCUT2D eigenvalue weighted by Crippen LogP contribution is 2.25. The Kier molecular flexibility index (Phi) is 4.07. The maximum absolute atomic E-state index is 4.31. The number of hydrogen-bond acceptors (Lipinski definition) is 8. The summed E-state index contributed by atoms with van der Waals surface area (Å²) in [6, 6.07) is 0. The maximum Gasteiger partial charge on any atom is 0.181 e. The lowest BCUT2D eigenvalue weighted by Gasteiger charge is -2.02. The quantitative estimate of drug-likeness (QED) is 0.311. The van der Waals surface area contributed by atoms with Gasteiger partial charge in [-0.05, 0) is 6.42 Å². The van der Waals surface area contributed by atoms with Crippen molar-refractivity contribution in [3.63, 3.8) is 0 Å². The summed E-state index contributed by atoms with van der Waals surface area (Å²) in [6.45, 7) is 0. The predicted octanol–water partition coefficient (Wildman–Crippen LogP) is 2.29. The minimum Gasteiger partial charge on any atom is -0.341 e. The number of rotatable bonds is 6. The zero-order valence-corrected chi connectivity index (χ0v) is 13.6. The minimum atomic E-state index is 0.708. The number of nitrogens with zero attached hydrogens (tertiary/aromatic N) is 6. The van der Waals surface area contributed by atoms with E-state index in [1.165, 1.54) is 0 Å². The summed E-state index contributed by atoms with van der Waals surface area (Å²) in [5.41, 5.74) is 3.22. The molecule has 0 aromatic carbocycles. The number of fused-ring (bicyclic) bond motifs is 2. The van der Waals surface area contributed by atoms with Crippen LogP contribution in [0.3, 0.4) is 0 Å². The van der Waals surface area contributed by atoms with Gasteiger partial charge in [0.05, 0.1) is 12.7 Å². The molecule has 0 saturated heterocycles. The third-order valence-corrected chi connectivity index (χ3v) is 5.29. The van der Waals surface area contributed by atoms with Crippen LogP contribution in [-0.4, -0.2) is 51.4 Å². The van der Waals surface area contributed by atoms with Gasteiger partial charge in [-0.15, -0.1) is 23.5 Å². The summed E-state index contributed by atoms with van der Waals surface area (Å²) >= 11 is 3.41. The molecule has 10 heteroatoms. The first kappa shape index (κ1) is 14.4. The second-order valence-electron chi connectivity index (χ2n) is 4.61. The molecular weight excluding hydrogens is 332 g/mol. The van der Waals surface area contributed by atoms with Gasteiger partial charge in [-0.1, -0.05) is 0 Å². The second kappa shape index (κ2) is 6.50. The Balaban J connectivity index is 1.32. The molecule has 4 heterocycles. The molecule has 0 aliphatic heterocycles. The van der Waals surface area contributed by atoms with E-state index >= 15 is 0 Å². The number of hydrogen-bond donors (Lipinski definition) is 2. The number of thioether (sulfide) groups is 2. The standard InChI is InChI=1S/C13H12N8S2/c1(2-22-12-8-10(16-4-14-8)18-6-20-12)3-23-13-9-11(17-5-15-9)19-7-21-13/h4-7H,1-3H2,(H,14,16,18,20)(H,15,17,19,21). The summed E-state index contributed by atoms with van der Waals surface area (Å²) in [5, 5.41) is 1.88. The van der Waals surface area contributed by atoms with Gasteiger partial charge in [0.2, 0.25) is 0 Å². The first-order valence-electron chi connectivity index (χ1n) is 6.95. The average Bonchev–Trinajstić information content (AvgIpc) is 3.24. The molecule has 116 valence electrons. The highest BCUT2D eigenvalue weighted by molar-refractivity contribution is 8.00. The van der Waals surface area contributed by atoms with Crippen molar-refractivity contribution in [2.75, 3.05) is 11.5 Å². The molecule has 8 nitrogen and oxygen atoms in total. The Morgan fingerprint density at radius 2 is 1.22 bits per heavy atom. The van der Waals surface area contributed by atoms with E-state index in [1.807, 2.05) is 0 Å². The zero-order valence-electron chi connectivity index (χ0n) is 11.9. The Bertz CT molecular complexity index is 858. The molecule has 0 aliphatic carbocycles. The van der Waals surface area contributed by atoms with E-state index in [9.17, 15) is 0 Å². The number of imidazole rings is 2. The lowest BCUT2D eigenvalue weighted by atomic mass is 10.6. The second-order valence-corrected chi connectivity index (χ2v) is 6.78. The van der Waals surface area contributed by atoms with Gasteiger partial charge in [0.1, 0.15) is 33.7 Å². The fraction of sp³-hybridized carbons (Fsp3) is 0.231. The molecule has 0 atom stereocenters. The Labute approximate surface area is 139 Å². The van der Waals surface area contributed by atoms with Crippen LogP contribution in [0.25, 0.3) is 22.3 Å². The summed E-state index contributed by atoms with van der Waals surface area (Å²) < 4.78 is 0. The highest BCUT2D eigenvalue weighted by atomic mass is 32.2. The normalized spacial score (nSPS) is 11.5. The van der Waals surface area contributed by atoms with Gasteiger partial charge in [-0.3, -0.25) is 0 Å². The Hall–Kier alpha value is -2.20. The molecule has 4 aromatic heterocycles. The molecule has 0 amide bonds. The molecule has 0 radical (unpaired) electrons. The molecule has 0 unspecified atom stereocenters. The summed E-state index contributed by atoms with van der Waals surface area (Å²) in [5.74, 6) is 1.94. The number of H-pyrrole nitrogens is 2. The lowest BCUT2D eigenvalue weighted by Crippen LogP contribution is -1.91. The maximum atomic E-state index is 4.31. The van der Waals surface area contributed by atoms with E-state index in [2.05, 4.69) is 39.9 Å². The van der Waals surface area contributed by atoms with Crippen molar-refractivity contribution >= 4 is 45.9 Å². The van der Waals surface area contributed by atoms with E-state index in [1.54, 1.807) is 48.8 Å². The van der Waals surface area contributed by atoms with Gasteiger partial charge in [0.25, 0.3) is 0 Å². The summed E-state index contributed by atoms with van der Waals surface area (Å²) in [6.07, 6.45) is 7.43. The third-order valence-electron chi connectivity index (χ3n) is 3.14. The van der Waals surface area contributed by atoms with Crippen LogP contribution in [0, 0.1) is 0 Å². The number of aromatic amines is 2. The zero-order chi connectivity index (χ0) is 15.5. The van der Waals surface area contributed by atoms with E-state index in [0.29, 0.717) is 11.3 Å². The van der Waals surface area contributed by atoms with Crippen LogP contribution in [-0.2, 0) is 0 Å². The van der Waals surface area contributed by atoms with Crippen LogP contribution in [0.2, 0.25) is 0 Å². The van der Waals surface area contributed by atoms with Gasteiger partial charge in [0, 0.05) is 11.5 Å². The van der Waals surface area contributed by atoms with Gasteiger partial charge >= 0.3 is 0 Å². The lowest BCUT2D eigenvalue weighted by molar-refractivity contribution is 1.06. The van der Waals surface area contributed by atoms with Crippen molar-refractivity contribution in [1.29, 1.82) is 0 Å². The van der Waals surface area contributed by atoms with Crippen molar-refractivity contribution in [3.8, 4) is 0 Å². The average molecular weight is 344 g/mol. The van der Waals surface area contributed by atoms with Crippen LogP contribution in [0.5, 0.6) is 0 Å². The molecule has 0 aliphatic rings. The Morgan fingerprint density at radius 1 is 0.696 bits per heavy atom. The molecule has 4 aromatic rings. The summed E-state index contributed by atoms with van der Waals surface area (Å²) in [7, 11) is 0. The van der Waals surface area contributed by atoms with E-state index in [-0.39, 0.29) is 0 Å². The van der Waals surface area contributed by atoms with Gasteiger partial charge in [0.15, 0.2) is 11.3 Å². The Morgan fingerprint density at radius 3 is 1.74 bits per heavy atom. The van der Waals surface area contributed by atoms with E-state index in [0.717, 1.165) is 39.0 Å². The van der Waals surface area contributed by atoms with Gasteiger partial charge in [-0.25, -0.2) is 29.9 Å². The molecular formula is C13H12N8S2. The van der Waals surface area contributed by atoms with Crippen molar-refractivity contribution in [3.05, 3.63) is 25.3 Å². The molecule has 0 bridgehead atoms. The monoisotopic (exact) mass is 344 g/mol. The van der Waals surface area contributed by atoms with Crippen molar-refractivity contribution in [2.45, 2.75) is 16.5 Å². The van der Waals surface area contributed by atoms with Crippen molar-refractivity contribution in [1.82, 2.24) is 39.9 Å². The number of nitrogens with one attached hydrogen (secondary N) is 2. The van der Waals surface area contributed by atoms with Crippen LogP contribution < -0.4 is 0 Å². The molecule has 0 saturated carbocycles. The van der Waals surface area contributed by atoms with E-state index < -0.39 is 0 Å². The van der Waals surface area contributed by atoms with E-state index in [4.69, 9.17) is 0 Å². The smallest absolute Gasteiger partial charge is 0.181 e. The molecule has 0 spiro atoms. The van der Waals surface area contributed by atoms with Crippen molar-refractivity contribution < 1.29 is 0 Å². The minimum absolute atomic E-state index is 0.708. The predicted molar refractivity (Wildman–Crippen MR) is 89.4 cm³/mol. The van der Waals surface area contributed by atoms with Gasteiger partial charge < -0.3 is 9.97 Å². The molecule has 4 rings (SSSR count). The summed E-state index contributed by atoms with van der Waals surface area (Å²) in [4.78, 5) is 31.3. The SMILES string of the molecule is c1nc(SCCCSc2ncnc3nc[nH]c23)c2[nH]cnc2n1. The first-order chi connectivity index (χ1) is 11.4. The molecule has 23 heavy (non-hydrogen) atoms. The van der Waals surface area contributed by atoms with Crippen LogP contribution in [0.4, 0.5) is 0 Å². The van der Waals surface area contributed by atoms with Crippen LogP contribution in [0.15, 0.2) is 35.4 Å². The fourth-order valence-electron chi connectivity index (χ4n) is 2.10. The number of aromatic nitrogens is 8. The van der Waals surface area contributed by atoms with Crippen molar-refractivity contribution in [2.24, 2.45) is 0 Å². The van der Waals surface area contributed by atoms with Crippen LogP contribution in [0.1, 0.15) is 6.42 Å². The molecule has 0 fully saturated rings. The highest BCUT2D eigenvalue weighted by Gasteiger charge is 2.08. The van der Waals surface area contributed by atoms with Crippen LogP contribution >= 0.6 is 23.5 Å². The topological polar surface area (TPSA) is 109 Å². The fourth-order valence-corrected chi connectivity index (χ4v) is 4.08. The molecule has 2 N–H and O–H groups in total. The van der Waals surface area contributed by atoms with Gasteiger partial charge in [-0.2, -0.15) is 0 Å².